The van der Waals surface area contributed by atoms with Crippen molar-refractivity contribution >= 4 is 29.3 Å². The lowest BCUT2D eigenvalue weighted by Crippen LogP contribution is -2.45. The van der Waals surface area contributed by atoms with Crippen LogP contribution in [-0.4, -0.2) is 55.7 Å². The van der Waals surface area contributed by atoms with Crippen LogP contribution in [0.15, 0.2) is 24.3 Å². The van der Waals surface area contributed by atoms with E-state index in [9.17, 15) is 9.59 Å². The van der Waals surface area contributed by atoms with Gasteiger partial charge in [-0.05, 0) is 25.2 Å². The zero-order chi connectivity index (χ0) is 15.1. The molecule has 0 unspecified atom stereocenters. The number of carbonyl (C=O) groups excluding carboxylic acids is 1. The molecule has 1 aromatic carbocycles. The van der Waals surface area contributed by atoms with Crippen molar-refractivity contribution in [1.82, 2.24) is 10.2 Å². The molecule has 0 aromatic heterocycles. The first-order valence-corrected chi connectivity index (χ1v) is 6.48. The largest absolute Gasteiger partial charge is 0.480 e. The van der Waals surface area contributed by atoms with Gasteiger partial charge >= 0.3 is 12.0 Å². The molecule has 0 spiro atoms. The summed E-state index contributed by atoms with van der Waals surface area (Å²) in [4.78, 5) is 25.9. The van der Waals surface area contributed by atoms with Crippen LogP contribution in [0.2, 0.25) is 5.02 Å². The zero-order valence-corrected chi connectivity index (χ0v) is 12.2. The lowest BCUT2D eigenvalue weighted by molar-refractivity contribution is -0.135. The number of hydrogen-bond acceptors (Lipinski definition) is 3. The summed E-state index contributed by atoms with van der Waals surface area (Å²) in [6.07, 6.45) is 0. The van der Waals surface area contributed by atoms with Crippen LogP contribution in [0, 0.1) is 0 Å². The van der Waals surface area contributed by atoms with Gasteiger partial charge in [-0.2, -0.15) is 0 Å². The van der Waals surface area contributed by atoms with Crippen molar-refractivity contribution in [2.75, 3.05) is 38.6 Å². The van der Waals surface area contributed by atoms with Gasteiger partial charge in [-0.1, -0.05) is 17.7 Å². The molecule has 2 amide bonds. The van der Waals surface area contributed by atoms with E-state index in [0.29, 0.717) is 23.8 Å². The van der Waals surface area contributed by atoms with Gasteiger partial charge in [-0.15, -0.1) is 0 Å². The molecule has 0 saturated carbocycles. The molecule has 1 aromatic rings. The van der Waals surface area contributed by atoms with Gasteiger partial charge in [0, 0.05) is 30.8 Å². The number of hydrogen-bond donors (Lipinski definition) is 2. The van der Waals surface area contributed by atoms with Gasteiger partial charge < -0.3 is 15.3 Å². The highest BCUT2D eigenvalue weighted by Crippen LogP contribution is 2.20. The predicted octanol–water partition coefficient (Wildman–Crippen LogP) is 1.50. The van der Waals surface area contributed by atoms with Crippen LogP contribution in [0.25, 0.3) is 0 Å². The zero-order valence-electron chi connectivity index (χ0n) is 11.5. The Bertz CT molecular complexity index is 482. The smallest absolute Gasteiger partial charge is 0.324 e. The first-order chi connectivity index (χ1) is 9.45. The first-order valence-electron chi connectivity index (χ1n) is 6.10. The summed E-state index contributed by atoms with van der Waals surface area (Å²) in [6.45, 7) is 0.688. The Morgan fingerprint density at radius 3 is 2.65 bits per heavy atom. The van der Waals surface area contributed by atoms with Gasteiger partial charge in [0.15, 0.2) is 0 Å². The minimum absolute atomic E-state index is 0.384. The van der Waals surface area contributed by atoms with E-state index >= 15 is 0 Å². The topological polar surface area (TPSA) is 72.9 Å². The fourth-order valence-corrected chi connectivity index (χ4v) is 1.81. The third kappa shape index (κ3) is 4.71. The number of nitrogens with zero attached hydrogens (tertiary/aromatic N) is 2. The van der Waals surface area contributed by atoms with Crippen molar-refractivity contribution < 1.29 is 14.7 Å². The molecule has 0 aliphatic carbocycles. The second-order valence-corrected chi connectivity index (χ2v) is 4.70. The summed E-state index contributed by atoms with van der Waals surface area (Å²) in [7, 11) is 3.41. The molecule has 7 heteroatoms. The number of anilines is 1. The van der Waals surface area contributed by atoms with Gasteiger partial charge in [0.2, 0.25) is 0 Å². The number of rotatable bonds is 6. The average Bonchev–Trinajstić information content (AvgIpc) is 2.41. The fraction of sp³-hybridized carbons (Fsp3) is 0.385. The molecule has 0 aliphatic rings. The van der Waals surface area contributed by atoms with Crippen LogP contribution in [0.4, 0.5) is 10.5 Å². The van der Waals surface area contributed by atoms with Gasteiger partial charge in [-0.25, -0.2) is 4.79 Å². The van der Waals surface area contributed by atoms with E-state index in [4.69, 9.17) is 16.7 Å². The third-order valence-electron chi connectivity index (χ3n) is 2.67. The van der Waals surface area contributed by atoms with Gasteiger partial charge in [0.25, 0.3) is 0 Å². The predicted molar refractivity (Wildman–Crippen MR) is 78.4 cm³/mol. The molecule has 2 N–H and O–H groups in total. The van der Waals surface area contributed by atoms with E-state index in [1.54, 1.807) is 38.4 Å². The Hall–Kier alpha value is -1.79. The van der Waals surface area contributed by atoms with Crippen molar-refractivity contribution in [2.45, 2.75) is 0 Å². The Balaban J connectivity index is 2.94. The van der Waals surface area contributed by atoms with Gasteiger partial charge in [0.05, 0.1) is 0 Å². The van der Waals surface area contributed by atoms with Crippen molar-refractivity contribution in [2.24, 2.45) is 0 Å². The summed E-state index contributed by atoms with van der Waals surface area (Å²) in [6, 6.07) is 6.17. The summed E-state index contributed by atoms with van der Waals surface area (Å²) in [5.41, 5.74) is 0.459. The van der Waals surface area contributed by atoms with Crippen molar-refractivity contribution in [3.8, 4) is 0 Å². The Morgan fingerprint density at radius 2 is 2.10 bits per heavy atom. The molecular weight excluding hydrogens is 282 g/mol. The van der Waals surface area contributed by atoms with E-state index in [1.165, 1.54) is 9.80 Å². The number of carboxylic acids is 1. The van der Waals surface area contributed by atoms with Gasteiger partial charge in [0.1, 0.15) is 6.54 Å². The monoisotopic (exact) mass is 299 g/mol. The van der Waals surface area contributed by atoms with Crippen molar-refractivity contribution in [3.63, 3.8) is 0 Å². The Labute approximate surface area is 122 Å². The molecule has 0 bridgehead atoms. The lowest BCUT2D eigenvalue weighted by atomic mass is 10.3. The van der Waals surface area contributed by atoms with Crippen LogP contribution in [-0.2, 0) is 4.79 Å². The standard InChI is InChI=1S/C13H18ClN3O3/c1-15-6-7-16(2)13(20)17(9-12(18)19)11-5-3-4-10(14)8-11/h3-5,8,15H,6-7,9H2,1-2H3,(H,18,19). The first kappa shape index (κ1) is 16.3. The number of carboxylic acid groups (broad SMARTS) is 1. The van der Waals surface area contributed by atoms with E-state index in [1.807, 2.05) is 0 Å². The molecule has 6 nitrogen and oxygen atoms in total. The number of urea groups is 1. The molecule has 1 rings (SSSR count). The third-order valence-corrected chi connectivity index (χ3v) is 2.90. The molecule has 110 valence electrons. The van der Waals surface area contributed by atoms with Crippen LogP contribution >= 0.6 is 11.6 Å². The quantitative estimate of drug-likeness (QED) is 0.835. The van der Waals surface area contributed by atoms with Gasteiger partial charge in [-0.3, -0.25) is 9.69 Å². The van der Waals surface area contributed by atoms with Crippen molar-refractivity contribution in [3.05, 3.63) is 29.3 Å². The van der Waals surface area contributed by atoms with E-state index < -0.39 is 12.5 Å². The minimum Gasteiger partial charge on any atom is -0.480 e. The fourth-order valence-electron chi connectivity index (χ4n) is 1.63. The summed E-state index contributed by atoms with van der Waals surface area (Å²) in [5.74, 6) is -1.08. The summed E-state index contributed by atoms with van der Waals surface area (Å²) >= 11 is 5.88. The number of aliphatic carboxylic acids is 1. The van der Waals surface area contributed by atoms with Crippen LogP contribution in [0.3, 0.4) is 0 Å². The molecule has 0 radical (unpaired) electrons. The number of likely N-dealkylation sites (N-methyl/N-ethyl adjacent to an activating group) is 2. The number of nitrogens with one attached hydrogen (secondary N) is 1. The SMILES string of the molecule is CNCCN(C)C(=O)N(CC(=O)O)c1cccc(Cl)c1. The van der Waals surface area contributed by atoms with E-state index in [2.05, 4.69) is 5.32 Å². The number of halogens is 1. The highest BCUT2D eigenvalue weighted by molar-refractivity contribution is 6.30. The Kier molecular flexibility index (Phi) is 6.27. The molecule has 0 fully saturated rings. The highest BCUT2D eigenvalue weighted by Gasteiger charge is 2.22. The molecular formula is C13H18ClN3O3. The minimum atomic E-state index is -1.08. The molecule has 20 heavy (non-hydrogen) atoms. The molecule has 0 saturated heterocycles. The Morgan fingerprint density at radius 1 is 1.40 bits per heavy atom. The summed E-state index contributed by atoms with van der Waals surface area (Å²) < 4.78 is 0. The van der Waals surface area contributed by atoms with Crippen LogP contribution in [0.1, 0.15) is 0 Å². The molecule has 0 heterocycles. The average molecular weight is 300 g/mol. The second kappa shape index (κ2) is 7.72. The lowest BCUT2D eigenvalue weighted by Gasteiger charge is -2.27. The number of amides is 2. The van der Waals surface area contributed by atoms with Crippen molar-refractivity contribution in [1.29, 1.82) is 0 Å². The van der Waals surface area contributed by atoms with Crippen LogP contribution < -0.4 is 10.2 Å². The summed E-state index contributed by atoms with van der Waals surface area (Å²) in [5, 5.41) is 12.3. The maximum absolute atomic E-state index is 12.3. The highest BCUT2D eigenvalue weighted by atomic mass is 35.5. The number of benzene rings is 1. The van der Waals surface area contributed by atoms with E-state index in [-0.39, 0.29) is 6.03 Å². The molecule has 0 aliphatic heterocycles. The maximum atomic E-state index is 12.3. The second-order valence-electron chi connectivity index (χ2n) is 4.27. The van der Waals surface area contributed by atoms with Crippen LogP contribution in [0.5, 0.6) is 0 Å². The normalized spacial score (nSPS) is 10.2. The number of carbonyl (C=O) groups is 2. The molecule has 0 atom stereocenters. The van der Waals surface area contributed by atoms with E-state index in [0.717, 1.165) is 0 Å². The maximum Gasteiger partial charge on any atom is 0.324 e.